The van der Waals surface area contributed by atoms with E-state index in [1.807, 2.05) is 58.0 Å². The van der Waals surface area contributed by atoms with Crippen molar-refractivity contribution in [2.75, 3.05) is 36.4 Å². The summed E-state index contributed by atoms with van der Waals surface area (Å²) in [5, 5.41) is 3.61. The molecule has 10 heteroatoms. The molecule has 1 aliphatic rings. The molecule has 1 aliphatic heterocycles. The van der Waals surface area contributed by atoms with Crippen LogP contribution in [-0.4, -0.2) is 63.6 Å². The van der Waals surface area contributed by atoms with E-state index in [9.17, 15) is 9.59 Å². The molecule has 1 N–H and O–H groups in total. The number of thiazole rings is 1. The smallest absolute Gasteiger partial charge is 0.410 e. The largest absolute Gasteiger partial charge is 0.444 e. The average molecular weight is 481 g/mol. The fourth-order valence-corrected chi connectivity index (χ4v) is 4.42. The zero-order valence-electron chi connectivity index (χ0n) is 19.7. The van der Waals surface area contributed by atoms with E-state index in [1.165, 1.54) is 11.3 Å². The SMILES string of the molecule is Cc1nc(-c2ccccn2)sc1C(=O)Nc1ccc(N2CCN(C(=O)OC(C)(C)C)CC2)nc1. The van der Waals surface area contributed by atoms with E-state index in [-0.39, 0.29) is 12.0 Å². The molecular weight excluding hydrogens is 452 g/mol. The Kier molecular flexibility index (Phi) is 6.78. The lowest BCUT2D eigenvalue weighted by Crippen LogP contribution is -2.50. The van der Waals surface area contributed by atoms with Crippen LogP contribution in [0.15, 0.2) is 42.7 Å². The minimum Gasteiger partial charge on any atom is -0.444 e. The van der Waals surface area contributed by atoms with Gasteiger partial charge in [0.25, 0.3) is 5.91 Å². The molecule has 1 saturated heterocycles. The van der Waals surface area contributed by atoms with E-state index in [1.54, 1.807) is 17.3 Å². The molecule has 0 aromatic carbocycles. The zero-order chi connectivity index (χ0) is 24.3. The summed E-state index contributed by atoms with van der Waals surface area (Å²) in [6.45, 7) is 9.86. The Bertz CT molecular complexity index is 1150. The van der Waals surface area contributed by atoms with Crippen molar-refractivity contribution < 1.29 is 14.3 Å². The Morgan fingerprint density at radius 2 is 1.82 bits per heavy atom. The average Bonchev–Trinajstić information content (AvgIpc) is 3.21. The molecule has 3 aromatic rings. The van der Waals surface area contributed by atoms with E-state index in [2.05, 4.69) is 25.2 Å². The molecular formula is C24H28N6O3S. The molecule has 0 bridgehead atoms. The van der Waals surface area contributed by atoms with Crippen molar-refractivity contribution in [1.29, 1.82) is 0 Å². The van der Waals surface area contributed by atoms with Gasteiger partial charge in [-0.1, -0.05) is 6.07 Å². The van der Waals surface area contributed by atoms with Gasteiger partial charge in [-0.2, -0.15) is 0 Å². The minimum atomic E-state index is -0.506. The summed E-state index contributed by atoms with van der Waals surface area (Å²) in [6.07, 6.45) is 3.06. The van der Waals surface area contributed by atoms with E-state index in [4.69, 9.17) is 4.74 Å². The molecule has 3 aromatic heterocycles. The summed E-state index contributed by atoms with van der Waals surface area (Å²) < 4.78 is 5.45. The first-order chi connectivity index (χ1) is 16.2. The Balaban J connectivity index is 1.34. The third-order valence-electron chi connectivity index (χ3n) is 5.15. The van der Waals surface area contributed by atoms with Gasteiger partial charge in [0, 0.05) is 32.4 Å². The summed E-state index contributed by atoms with van der Waals surface area (Å²) in [6, 6.07) is 9.31. The normalized spacial score (nSPS) is 14.1. The van der Waals surface area contributed by atoms with Crippen molar-refractivity contribution >= 4 is 34.8 Å². The van der Waals surface area contributed by atoms with Gasteiger partial charge in [-0.3, -0.25) is 9.78 Å². The number of hydrogen-bond donors (Lipinski definition) is 1. The van der Waals surface area contributed by atoms with Crippen LogP contribution in [0.1, 0.15) is 36.1 Å². The van der Waals surface area contributed by atoms with Crippen molar-refractivity contribution in [2.45, 2.75) is 33.3 Å². The van der Waals surface area contributed by atoms with Gasteiger partial charge in [0.1, 0.15) is 21.3 Å². The van der Waals surface area contributed by atoms with Gasteiger partial charge in [0.2, 0.25) is 0 Å². The van der Waals surface area contributed by atoms with Crippen LogP contribution in [0.2, 0.25) is 0 Å². The van der Waals surface area contributed by atoms with Crippen LogP contribution in [0.4, 0.5) is 16.3 Å². The van der Waals surface area contributed by atoms with Crippen LogP contribution in [0.5, 0.6) is 0 Å². The third-order valence-corrected chi connectivity index (χ3v) is 6.33. The number of amides is 2. The van der Waals surface area contributed by atoms with E-state index >= 15 is 0 Å². The standard InChI is InChI=1S/C24H28N6O3S/c1-16-20(34-22(27-16)18-7-5-6-10-25-18)21(31)28-17-8-9-19(26-15-17)29-11-13-30(14-12-29)23(32)33-24(2,3)4/h5-10,15H,11-14H2,1-4H3,(H,28,31). The second-order valence-corrected chi connectivity index (χ2v) is 9.96. The highest BCUT2D eigenvalue weighted by Gasteiger charge is 2.26. The van der Waals surface area contributed by atoms with Gasteiger partial charge in [0.05, 0.1) is 23.3 Å². The van der Waals surface area contributed by atoms with Crippen LogP contribution in [0.3, 0.4) is 0 Å². The van der Waals surface area contributed by atoms with Crippen LogP contribution in [0, 0.1) is 6.92 Å². The first-order valence-corrected chi connectivity index (χ1v) is 11.9. The van der Waals surface area contributed by atoms with Crippen LogP contribution < -0.4 is 10.2 Å². The van der Waals surface area contributed by atoms with Crippen molar-refractivity contribution in [1.82, 2.24) is 19.9 Å². The monoisotopic (exact) mass is 480 g/mol. The summed E-state index contributed by atoms with van der Waals surface area (Å²) in [5.74, 6) is 0.575. The van der Waals surface area contributed by atoms with Crippen molar-refractivity contribution in [3.8, 4) is 10.7 Å². The van der Waals surface area contributed by atoms with Crippen molar-refractivity contribution in [3.63, 3.8) is 0 Å². The third kappa shape index (κ3) is 5.69. The molecule has 9 nitrogen and oxygen atoms in total. The van der Waals surface area contributed by atoms with Crippen LogP contribution >= 0.6 is 11.3 Å². The van der Waals surface area contributed by atoms with Crippen molar-refractivity contribution in [2.24, 2.45) is 0 Å². The number of nitrogens with zero attached hydrogens (tertiary/aromatic N) is 5. The van der Waals surface area contributed by atoms with Crippen LogP contribution in [0.25, 0.3) is 10.7 Å². The first kappa shape index (κ1) is 23.6. The van der Waals surface area contributed by atoms with E-state index in [0.29, 0.717) is 47.4 Å². The van der Waals surface area contributed by atoms with E-state index in [0.717, 1.165) is 11.5 Å². The highest BCUT2D eigenvalue weighted by Crippen LogP contribution is 2.27. The summed E-state index contributed by atoms with van der Waals surface area (Å²) in [4.78, 5) is 42.7. The highest BCUT2D eigenvalue weighted by molar-refractivity contribution is 7.17. The molecule has 0 spiro atoms. The number of ether oxygens (including phenoxy) is 1. The summed E-state index contributed by atoms with van der Waals surface area (Å²) in [7, 11) is 0. The Morgan fingerprint density at radius 3 is 2.44 bits per heavy atom. The maximum absolute atomic E-state index is 12.8. The highest BCUT2D eigenvalue weighted by atomic mass is 32.1. The second-order valence-electron chi connectivity index (χ2n) is 8.96. The lowest BCUT2D eigenvalue weighted by molar-refractivity contribution is 0.0240. The lowest BCUT2D eigenvalue weighted by Gasteiger charge is -2.36. The van der Waals surface area contributed by atoms with Gasteiger partial charge < -0.3 is 19.9 Å². The molecule has 4 rings (SSSR count). The number of carbonyl (C=O) groups excluding carboxylic acids is 2. The lowest BCUT2D eigenvalue weighted by atomic mass is 10.2. The number of anilines is 2. The summed E-state index contributed by atoms with van der Waals surface area (Å²) >= 11 is 1.31. The van der Waals surface area contributed by atoms with Crippen LogP contribution in [-0.2, 0) is 4.74 Å². The Hall–Kier alpha value is -3.53. The van der Waals surface area contributed by atoms with Gasteiger partial charge in [0.15, 0.2) is 0 Å². The number of nitrogens with one attached hydrogen (secondary N) is 1. The molecule has 1 fully saturated rings. The fourth-order valence-electron chi connectivity index (χ4n) is 3.49. The second kappa shape index (κ2) is 9.76. The number of carbonyl (C=O) groups is 2. The van der Waals surface area contributed by atoms with Crippen molar-refractivity contribution in [3.05, 3.63) is 53.3 Å². The first-order valence-electron chi connectivity index (χ1n) is 11.1. The zero-order valence-corrected chi connectivity index (χ0v) is 20.6. The number of aryl methyl sites for hydroxylation is 1. The molecule has 2 amide bonds. The predicted molar refractivity (Wildman–Crippen MR) is 132 cm³/mol. The Labute approximate surface area is 202 Å². The number of aromatic nitrogens is 3. The van der Waals surface area contributed by atoms with Gasteiger partial charge in [-0.15, -0.1) is 11.3 Å². The molecule has 0 saturated carbocycles. The summed E-state index contributed by atoms with van der Waals surface area (Å²) in [5.41, 5.74) is 1.50. The van der Waals surface area contributed by atoms with Gasteiger partial charge in [-0.05, 0) is 52.0 Å². The molecule has 0 radical (unpaired) electrons. The quantitative estimate of drug-likeness (QED) is 0.597. The number of rotatable bonds is 4. The fraction of sp³-hybridized carbons (Fsp3) is 0.375. The van der Waals surface area contributed by atoms with Gasteiger partial charge >= 0.3 is 6.09 Å². The predicted octanol–water partition coefficient (Wildman–Crippen LogP) is 4.22. The molecule has 4 heterocycles. The Morgan fingerprint density at radius 1 is 1.06 bits per heavy atom. The number of pyridine rings is 2. The topological polar surface area (TPSA) is 101 Å². The maximum Gasteiger partial charge on any atom is 0.410 e. The maximum atomic E-state index is 12.8. The van der Waals surface area contributed by atoms with Gasteiger partial charge in [-0.25, -0.2) is 14.8 Å². The number of piperazine rings is 1. The molecule has 0 atom stereocenters. The minimum absolute atomic E-state index is 0.224. The molecule has 0 aliphatic carbocycles. The molecule has 34 heavy (non-hydrogen) atoms. The van der Waals surface area contributed by atoms with E-state index < -0.39 is 5.60 Å². The molecule has 0 unspecified atom stereocenters. The molecule has 178 valence electrons. The number of hydrogen-bond acceptors (Lipinski definition) is 8.